The highest BCUT2D eigenvalue weighted by Crippen LogP contribution is 2.30. The summed E-state index contributed by atoms with van der Waals surface area (Å²) < 4.78 is 37.8. The van der Waals surface area contributed by atoms with Gasteiger partial charge in [0.25, 0.3) is 0 Å². The van der Waals surface area contributed by atoms with Crippen LogP contribution in [0.5, 0.6) is 5.75 Å². The fraction of sp³-hybridized carbons (Fsp3) is 0.533. The van der Waals surface area contributed by atoms with Crippen molar-refractivity contribution < 1.29 is 22.7 Å². The molecule has 2 atom stereocenters. The highest BCUT2D eigenvalue weighted by atomic mass is 32.2. The molecule has 0 aromatic heterocycles. The summed E-state index contributed by atoms with van der Waals surface area (Å²) in [6.07, 6.45) is -0.317. The Morgan fingerprint density at radius 3 is 2.43 bits per heavy atom. The maximum absolute atomic E-state index is 12.8. The summed E-state index contributed by atoms with van der Waals surface area (Å²) in [6, 6.07) is 4.42. The summed E-state index contributed by atoms with van der Waals surface area (Å²) in [6.45, 7) is 5.68. The molecule has 1 aliphatic heterocycles. The molecular weight excluding hydrogens is 320 g/mol. The van der Waals surface area contributed by atoms with Gasteiger partial charge < -0.3 is 14.8 Å². The van der Waals surface area contributed by atoms with E-state index in [1.54, 1.807) is 0 Å². The molecule has 1 aromatic rings. The van der Waals surface area contributed by atoms with Crippen molar-refractivity contribution in [1.29, 1.82) is 0 Å². The van der Waals surface area contributed by atoms with Gasteiger partial charge in [-0.1, -0.05) is 0 Å². The van der Waals surface area contributed by atoms with Gasteiger partial charge in [-0.2, -0.15) is 4.31 Å². The zero-order valence-corrected chi connectivity index (χ0v) is 14.5. The Morgan fingerprint density at radius 2 is 1.91 bits per heavy atom. The van der Waals surface area contributed by atoms with Crippen molar-refractivity contribution in [3.05, 3.63) is 18.2 Å². The fourth-order valence-electron chi connectivity index (χ4n) is 2.60. The normalized spacial score (nSPS) is 22.6. The maximum atomic E-state index is 12.8. The summed E-state index contributed by atoms with van der Waals surface area (Å²) >= 11 is 0. The highest BCUT2D eigenvalue weighted by Gasteiger charge is 2.32. The van der Waals surface area contributed by atoms with Gasteiger partial charge in [0, 0.05) is 26.1 Å². The number of hydrogen-bond acceptors (Lipinski definition) is 5. The molecule has 0 aliphatic carbocycles. The Bertz CT molecular complexity index is 679. The van der Waals surface area contributed by atoms with Crippen molar-refractivity contribution in [3.8, 4) is 5.75 Å². The van der Waals surface area contributed by atoms with Gasteiger partial charge >= 0.3 is 0 Å². The van der Waals surface area contributed by atoms with Crippen LogP contribution in [0.2, 0.25) is 0 Å². The Balaban J connectivity index is 2.34. The maximum Gasteiger partial charge on any atom is 0.243 e. The lowest BCUT2D eigenvalue weighted by Crippen LogP contribution is -2.48. The molecule has 1 amide bonds. The number of nitrogens with one attached hydrogen (secondary N) is 1. The molecule has 2 rings (SSSR count). The Labute approximate surface area is 136 Å². The first-order valence-corrected chi connectivity index (χ1v) is 8.79. The number of amides is 1. The number of benzene rings is 1. The topological polar surface area (TPSA) is 84.9 Å². The number of ether oxygens (including phenoxy) is 2. The van der Waals surface area contributed by atoms with E-state index in [9.17, 15) is 13.2 Å². The summed E-state index contributed by atoms with van der Waals surface area (Å²) in [5.74, 6) is 0.0466. The van der Waals surface area contributed by atoms with Crippen LogP contribution in [0.15, 0.2) is 23.1 Å². The van der Waals surface area contributed by atoms with E-state index >= 15 is 0 Å². The van der Waals surface area contributed by atoms with Gasteiger partial charge in [0.2, 0.25) is 15.9 Å². The fourth-order valence-corrected chi connectivity index (χ4v) is 4.21. The summed E-state index contributed by atoms with van der Waals surface area (Å²) in [5.41, 5.74) is 0.433. The van der Waals surface area contributed by atoms with E-state index in [-0.39, 0.29) is 23.0 Å². The monoisotopic (exact) mass is 342 g/mol. The average molecular weight is 342 g/mol. The van der Waals surface area contributed by atoms with Crippen molar-refractivity contribution in [2.24, 2.45) is 0 Å². The first-order valence-electron chi connectivity index (χ1n) is 7.35. The van der Waals surface area contributed by atoms with Crippen LogP contribution in [0, 0.1) is 0 Å². The minimum atomic E-state index is -3.65. The molecule has 0 unspecified atom stereocenters. The molecule has 1 heterocycles. The molecule has 0 radical (unpaired) electrons. The van der Waals surface area contributed by atoms with Crippen molar-refractivity contribution in [2.75, 3.05) is 25.5 Å². The second kappa shape index (κ2) is 6.86. The first kappa shape index (κ1) is 17.7. The lowest BCUT2D eigenvalue weighted by atomic mass is 10.3. The van der Waals surface area contributed by atoms with Gasteiger partial charge in [-0.05, 0) is 26.0 Å². The van der Waals surface area contributed by atoms with Gasteiger partial charge in [-0.3, -0.25) is 4.79 Å². The molecule has 1 aromatic carbocycles. The van der Waals surface area contributed by atoms with E-state index in [2.05, 4.69) is 5.32 Å². The van der Waals surface area contributed by atoms with Crippen LogP contribution in [0.4, 0.5) is 5.69 Å². The molecule has 1 fully saturated rings. The van der Waals surface area contributed by atoms with E-state index in [1.807, 2.05) is 13.8 Å². The van der Waals surface area contributed by atoms with Crippen molar-refractivity contribution in [1.82, 2.24) is 4.31 Å². The lowest BCUT2D eigenvalue weighted by Gasteiger charge is -2.34. The highest BCUT2D eigenvalue weighted by molar-refractivity contribution is 7.89. The molecule has 1 N–H and O–H groups in total. The molecule has 8 heteroatoms. The Morgan fingerprint density at radius 1 is 1.30 bits per heavy atom. The van der Waals surface area contributed by atoms with Gasteiger partial charge in [0.15, 0.2) is 0 Å². The van der Waals surface area contributed by atoms with E-state index in [4.69, 9.17) is 9.47 Å². The largest absolute Gasteiger partial charge is 0.495 e. The predicted octanol–water partition coefficient (Wildman–Crippen LogP) is 1.45. The molecule has 1 aliphatic rings. The van der Waals surface area contributed by atoms with E-state index in [0.717, 1.165) is 0 Å². The zero-order valence-electron chi connectivity index (χ0n) is 13.7. The van der Waals surface area contributed by atoms with Crippen molar-refractivity contribution >= 4 is 21.6 Å². The number of anilines is 1. The molecule has 1 saturated heterocycles. The Hall–Kier alpha value is -1.64. The second-order valence-corrected chi connectivity index (χ2v) is 7.56. The number of carbonyl (C=O) groups is 1. The number of rotatable bonds is 4. The van der Waals surface area contributed by atoms with Gasteiger partial charge in [-0.15, -0.1) is 0 Å². The van der Waals surface area contributed by atoms with Gasteiger partial charge in [0.1, 0.15) is 5.75 Å². The second-order valence-electron chi connectivity index (χ2n) is 5.62. The SMILES string of the molecule is COc1cc(S(=O)(=O)N2C[C@@H](C)O[C@@H](C)C2)ccc1NC(C)=O. The minimum absolute atomic E-state index is 0.129. The standard InChI is InChI=1S/C15H22N2O5S/c1-10-8-17(9-11(2)22-10)23(19,20)13-5-6-14(16-12(3)18)15(7-13)21-4/h5-7,10-11H,8-9H2,1-4H3,(H,16,18)/t10-,11+. The molecule has 0 saturated carbocycles. The van der Waals surface area contributed by atoms with E-state index < -0.39 is 10.0 Å². The number of methoxy groups -OCH3 is 1. The van der Waals surface area contributed by atoms with E-state index in [1.165, 1.54) is 36.5 Å². The smallest absolute Gasteiger partial charge is 0.243 e. The average Bonchev–Trinajstić information content (AvgIpc) is 2.45. The molecule has 0 bridgehead atoms. The molecule has 23 heavy (non-hydrogen) atoms. The summed E-state index contributed by atoms with van der Waals surface area (Å²) in [7, 11) is -2.22. The van der Waals surface area contributed by atoms with Crippen LogP contribution >= 0.6 is 0 Å². The van der Waals surface area contributed by atoms with Crippen LogP contribution in [-0.2, 0) is 19.6 Å². The predicted molar refractivity (Wildman–Crippen MR) is 86.1 cm³/mol. The first-order chi connectivity index (χ1) is 10.7. The van der Waals surface area contributed by atoms with Crippen molar-refractivity contribution in [3.63, 3.8) is 0 Å². The number of morpholine rings is 1. The number of nitrogens with zero attached hydrogens (tertiary/aromatic N) is 1. The van der Waals surface area contributed by atoms with Crippen LogP contribution < -0.4 is 10.1 Å². The molecule has 128 valence electrons. The zero-order chi connectivity index (χ0) is 17.2. The van der Waals surface area contributed by atoms with Crippen LogP contribution in [0.1, 0.15) is 20.8 Å². The third-order valence-electron chi connectivity index (χ3n) is 3.51. The van der Waals surface area contributed by atoms with Gasteiger partial charge in [0.05, 0.1) is 29.9 Å². The van der Waals surface area contributed by atoms with Crippen LogP contribution in [0.3, 0.4) is 0 Å². The summed E-state index contributed by atoms with van der Waals surface area (Å²) in [4.78, 5) is 11.3. The Kier molecular flexibility index (Phi) is 5.28. The third kappa shape index (κ3) is 4.01. The summed E-state index contributed by atoms with van der Waals surface area (Å²) in [5, 5.41) is 2.60. The van der Waals surface area contributed by atoms with E-state index in [0.29, 0.717) is 24.5 Å². The number of hydrogen-bond donors (Lipinski definition) is 1. The minimum Gasteiger partial charge on any atom is -0.495 e. The lowest BCUT2D eigenvalue weighted by molar-refractivity contribution is -0.114. The van der Waals surface area contributed by atoms with Gasteiger partial charge in [-0.25, -0.2) is 8.42 Å². The molecule has 0 spiro atoms. The number of carbonyl (C=O) groups excluding carboxylic acids is 1. The quantitative estimate of drug-likeness (QED) is 0.895. The van der Waals surface area contributed by atoms with Crippen LogP contribution in [0.25, 0.3) is 0 Å². The molecule has 7 nitrogen and oxygen atoms in total. The third-order valence-corrected chi connectivity index (χ3v) is 5.34. The van der Waals surface area contributed by atoms with Crippen LogP contribution in [-0.4, -0.2) is 51.0 Å². The number of sulfonamides is 1. The molecular formula is C15H22N2O5S. The van der Waals surface area contributed by atoms with Crippen molar-refractivity contribution in [2.45, 2.75) is 37.9 Å².